The zero-order valence-corrected chi connectivity index (χ0v) is 12.1. The molecular formula is C11H11BrO2S2. The molecule has 2 nitrogen and oxygen atoms in total. The summed E-state index contributed by atoms with van der Waals surface area (Å²) in [6, 6.07) is 3.84. The van der Waals surface area contributed by atoms with Gasteiger partial charge in [0.15, 0.2) is 0 Å². The Morgan fingerprint density at radius 1 is 1.44 bits per heavy atom. The molecule has 0 saturated carbocycles. The highest BCUT2D eigenvalue weighted by Crippen LogP contribution is 2.36. The Morgan fingerprint density at radius 2 is 2.19 bits per heavy atom. The van der Waals surface area contributed by atoms with Crippen LogP contribution in [0.4, 0.5) is 0 Å². The molecule has 0 fully saturated rings. The van der Waals surface area contributed by atoms with Gasteiger partial charge in [-0.1, -0.05) is 0 Å². The van der Waals surface area contributed by atoms with E-state index in [0.29, 0.717) is 0 Å². The fourth-order valence-electron chi connectivity index (χ4n) is 1.47. The summed E-state index contributed by atoms with van der Waals surface area (Å²) >= 11 is 6.57. The molecule has 0 saturated heterocycles. The molecule has 0 aromatic carbocycles. The quantitative estimate of drug-likeness (QED) is 0.927. The van der Waals surface area contributed by atoms with Crippen molar-refractivity contribution in [2.45, 2.75) is 13.0 Å². The van der Waals surface area contributed by atoms with Crippen LogP contribution in [-0.4, -0.2) is 12.2 Å². The molecule has 2 rings (SSSR count). The maximum atomic E-state index is 10.2. The highest BCUT2D eigenvalue weighted by molar-refractivity contribution is 9.11. The predicted molar refractivity (Wildman–Crippen MR) is 71.7 cm³/mol. The number of aliphatic hydroxyl groups is 1. The summed E-state index contributed by atoms with van der Waals surface area (Å²) in [5.41, 5.74) is 0.960. The van der Waals surface area contributed by atoms with E-state index in [4.69, 9.17) is 4.74 Å². The van der Waals surface area contributed by atoms with Gasteiger partial charge < -0.3 is 9.84 Å². The maximum Gasteiger partial charge on any atom is 0.129 e. The van der Waals surface area contributed by atoms with E-state index >= 15 is 0 Å². The first-order valence-electron chi connectivity index (χ1n) is 4.68. The number of thiophene rings is 2. The number of ether oxygens (including phenoxy) is 1. The summed E-state index contributed by atoms with van der Waals surface area (Å²) in [6.45, 7) is 2.01. The Labute approximate surface area is 111 Å². The molecule has 2 heterocycles. The molecule has 16 heavy (non-hydrogen) atoms. The lowest BCUT2D eigenvalue weighted by Gasteiger charge is -2.07. The first-order valence-corrected chi connectivity index (χ1v) is 7.17. The van der Waals surface area contributed by atoms with Crippen molar-refractivity contribution in [1.29, 1.82) is 0 Å². The Kier molecular flexibility index (Phi) is 3.69. The predicted octanol–water partition coefficient (Wildman–Crippen LogP) is 3.97. The number of halogens is 1. The molecule has 0 spiro atoms. The number of aliphatic hydroxyl groups excluding tert-OH is 1. The van der Waals surface area contributed by atoms with E-state index in [1.54, 1.807) is 18.4 Å². The number of hydrogen-bond donors (Lipinski definition) is 1. The summed E-state index contributed by atoms with van der Waals surface area (Å²) in [4.78, 5) is 2.04. The van der Waals surface area contributed by atoms with Crippen molar-refractivity contribution in [3.05, 3.63) is 36.6 Å². The van der Waals surface area contributed by atoms with Gasteiger partial charge in [-0.25, -0.2) is 0 Å². The van der Waals surface area contributed by atoms with Crippen molar-refractivity contribution in [3.63, 3.8) is 0 Å². The van der Waals surface area contributed by atoms with Crippen LogP contribution in [0.15, 0.2) is 21.3 Å². The van der Waals surface area contributed by atoms with E-state index in [-0.39, 0.29) is 0 Å². The van der Waals surface area contributed by atoms with Gasteiger partial charge in [0.25, 0.3) is 0 Å². The summed E-state index contributed by atoms with van der Waals surface area (Å²) in [5.74, 6) is 0.797. The van der Waals surface area contributed by atoms with Crippen molar-refractivity contribution in [1.82, 2.24) is 0 Å². The minimum atomic E-state index is -0.559. The van der Waals surface area contributed by atoms with Crippen LogP contribution in [-0.2, 0) is 0 Å². The third-order valence-corrected chi connectivity index (χ3v) is 4.85. The molecule has 0 radical (unpaired) electrons. The van der Waals surface area contributed by atoms with Gasteiger partial charge in [0, 0.05) is 20.7 Å². The summed E-state index contributed by atoms with van der Waals surface area (Å²) in [7, 11) is 1.63. The summed E-state index contributed by atoms with van der Waals surface area (Å²) in [5, 5.41) is 12.1. The van der Waals surface area contributed by atoms with Gasteiger partial charge in [0.1, 0.15) is 11.9 Å². The zero-order valence-electron chi connectivity index (χ0n) is 8.86. The first-order chi connectivity index (χ1) is 7.61. The summed E-state index contributed by atoms with van der Waals surface area (Å²) in [6.07, 6.45) is -0.559. The molecule has 0 aliphatic heterocycles. The lowest BCUT2D eigenvalue weighted by molar-refractivity contribution is 0.223. The molecule has 0 aliphatic rings. The maximum absolute atomic E-state index is 10.2. The van der Waals surface area contributed by atoms with E-state index < -0.39 is 6.10 Å². The normalized spacial score (nSPS) is 12.8. The van der Waals surface area contributed by atoms with Crippen LogP contribution in [0.2, 0.25) is 0 Å². The van der Waals surface area contributed by atoms with Gasteiger partial charge >= 0.3 is 0 Å². The first kappa shape index (κ1) is 12.1. The second-order valence-electron chi connectivity index (χ2n) is 3.35. The minimum Gasteiger partial charge on any atom is -0.496 e. The third kappa shape index (κ3) is 2.32. The molecule has 86 valence electrons. The fourth-order valence-corrected chi connectivity index (χ4v) is 4.07. The van der Waals surface area contributed by atoms with Gasteiger partial charge in [-0.3, -0.25) is 0 Å². The second kappa shape index (κ2) is 4.87. The topological polar surface area (TPSA) is 29.5 Å². The molecular weight excluding hydrogens is 308 g/mol. The third-order valence-electron chi connectivity index (χ3n) is 2.32. The van der Waals surface area contributed by atoms with Crippen molar-refractivity contribution in [2.24, 2.45) is 0 Å². The standard InChI is InChI=1S/C11H11BrO2S2/c1-6-8(4-10(12)16-6)11(13)9-3-7(14-2)5-15-9/h3-5,11,13H,1-2H3. The molecule has 1 atom stereocenters. The average molecular weight is 319 g/mol. The van der Waals surface area contributed by atoms with E-state index in [2.05, 4.69) is 15.9 Å². The molecule has 0 amide bonds. The van der Waals surface area contributed by atoms with E-state index in [1.165, 1.54) is 11.3 Å². The van der Waals surface area contributed by atoms with Gasteiger partial charge in [0.2, 0.25) is 0 Å². The number of aryl methyl sites for hydroxylation is 1. The number of hydrogen-bond acceptors (Lipinski definition) is 4. The van der Waals surface area contributed by atoms with Crippen molar-refractivity contribution in [3.8, 4) is 5.75 Å². The highest BCUT2D eigenvalue weighted by Gasteiger charge is 2.17. The minimum absolute atomic E-state index is 0.559. The average Bonchev–Trinajstić information content (AvgIpc) is 2.84. The second-order valence-corrected chi connectivity index (χ2v) is 6.93. The fraction of sp³-hybridized carbons (Fsp3) is 0.273. The summed E-state index contributed by atoms with van der Waals surface area (Å²) < 4.78 is 6.15. The number of methoxy groups -OCH3 is 1. The lowest BCUT2D eigenvalue weighted by atomic mass is 10.1. The van der Waals surface area contributed by atoms with Crippen LogP contribution in [0.3, 0.4) is 0 Å². The molecule has 0 bridgehead atoms. The van der Waals surface area contributed by atoms with Crippen LogP contribution in [0.25, 0.3) is 0 Å². The van der Waals surface area contributed by atoms with E-state index in [0.717, 1.165) is 24.9 Å². The van der Waals surface area contributed by atoms with Gasteiger partial charge in [0.05, 0.1) is 10.9 Å². The largest absolute Gasteiger partial charge is 0.496 e. The Morgan fingerprint density at radius 3 is 2.69 bits per heavy atom. The molecule has 1 N–H and O–H groups in total. The molecule has 1 unspecified atom stereocenters. The van der Waals surface area contributed by atoms with Crippen molar-refractivity contribution in [2.75, 3.05) is 7.11 Å². The zero-order chi connectivity index (χ0) is 11.7. The van der Waals surface area contributed by atoms with E-state index in [9.17, 15) is 5.11 Å². The van der Waals surface area contributed by atoms with Gasteiger partial charge in [-0.15, -0.1) is 22.7 Å². The van der Waals surface area contributed by atoms with Crippen LogP contribution in [0, 0.1) is 6.92 Å². The smallest absolute Gasteiger partial charge is 0.129 e. The monoisotopic (exact) mass is 318 g/mol. The van der Waals surface area contributed by atoms with Crippen LogP contribution < -0.4 is 4.74 Å². The SMILES string of the molecule is COc1csc(C(O)c2cc(Br)sc2C)c1. The lowest BCUT2D eigenvalue weighted by Crippen LogP contribution is -1.96. The van der Waals surface area contributed by atoms with Gasteiger partial charge in [-0.05, 0) is 35.0 Å². The Balaban J connectivity index is 2.31. The molecule has 0 aliphatic carbocycles. The molecule has 2 aromatic rings. The van der Waals surface area contributed by atoms with Crippen molar-refractivity contribution < 1.29 is 9.84 Å². The van der Waals surface area contributed by atoms with Crippen molar-refractivity contribution >= 4 is 38.6 Å². The molecule has 5 heteroatoms. The van der Waals surface area contributed by atoms with Crippen LogP contribution in [0.5, 0.6) is 5.75 Å². The van der Waals surface area contributed by atoms with Gasteiger partial charge in [-0.2, -0.15) is 0 Å². The van der Waals surface area contributed by atoms with Crippen LogP contribution in [0.1, 0.15) is 21.4 Å². The number of rotatable bonds is 3. The highest BCUT2D eigenvalue weighted by atomic mass is 79.9. The molecule has 2 aromatic heterocycles. The Bertz CT molecular complexity index is 490. The van der Waals surface area contributed by atoms with E-state index in [1.807, 2.05) is 24.4 Å². The Hall–Kier alpha value is -0.360. The van der Waals surface area contributed by atoms with Crippen LogP contribution >= 0.6 is 38.6 Å².